The molecule has 0 unspecified atom stereocenters. The van der Waals surface area contributed by atoms with Gasteiger partial charge in [0, 0.05) is 12.8 Å². The molecule has 0 fully saturated rings. The van der Waals surface area contributed by atoms with Crippen LogP contribution in [0.2, 0.25) is 0 Å². The number of hydrogen-bond acceptors (Lipinski definition) is 1. The molecule has 0 aliphatic heterocycles. The minimum atomic E-state index is 0.913. The van der Waals surface area contributed by atoms with E-state index in [9.17, 15) is 0 Å². The highest BCUT2D eigenvalue weighted by atomic mass is 16.5. The molecule has 0 N–H and O–H groups in total. The summed E-state index contributed by atoms with van der Waals surface area (Å²) in [6, 6.07) is 8.18. The van der Waals surface area contributed by atoms with Gasteiger partial charge in [0.15, 0.2) is 0 Å². The Labute approximate surface area is 92.5 Å². The van der Waals surface area contributed by atoms with Gasteiger partial charge in [-0.3, -0.25) is 0 Å². The van der Waals surface area contributed by atoms with Crippen LogP contribution >= 0.6 is 0 Å². The Bertz CT molecular complexity index is 327. The monoisotopic (exact) mass is 202 g/mol. The van der Waals surface area contributed by atoms with Gasteiger partial charge in [0.1, 0.15) is 5.75 Å². The zero-order valence-corrected chi connectivity index (χ0v) is 9.55. The quantitative estimate of drug-likeness (QED) is 0.680. The summed E-state index contributed by atoms with van der Waals surface area (Å²) < 4.78 is 5.10. The summed E-state index contributed by atoms with van der Waals surface area (Å²) in [4.78, 5) is 0. The third-order valence-corrected chi connectivity index (χ3v) is 2.20. The Hall–Kier alpha value is -1.42. The van der Waals surface area contributed by atoms with Crippen LogP contribution in [0.5, 0.6) is 5.75 Å². The molecule has 0 saturated heterocycles. The predicted molar refractivity (Wildman–Crippen MR) is 64.0 cm³/mol. The molecule has 1 aromatic rings. The van der Waals surface area contributed by atoms with Crippen LogP contribution in [0.15, 0.2) is 24.3 Å². The molecule has 0 bridgehead atoms. The maximum absolute atomic E-state index is 5.10. The SMILES string of the molecule is CCCC#CCCc1ccc(OC)cc1. The molecule has 1 rings (SSSR count). The zero-order valence-electron chi connectivity index (χ0n) is 9.55. The summed E-state index contributed by atoms with van der Waals surface area (Å²) in [5.74, 6) is 7.25. The van der Waals surface area contributed by atoms with Crippen molar-refractivity contribution in [1.82, 2.24) is 0 Å². The van der Waals surface area contributed by atoms with Crippen molar-refractivity contribution in [2.24, 2.45) is 0 Å². The molecule has 0 spiro atoms. The van der Waals surface area contributed by atoms with E-state index in [1.54, 1.807) is 7.11 Å². The first-order chi connectivity index (χ1) is 7.36. The summed E-state index contributed by atoms with van der Waals surface area (Å²) in [5.41, 5.74) is 1.32. The second-order valence-electron chi connectivity index (χ2n) is 3.45. The summed E-state index contributed by atoms with van der Waals surface area (Å²) in [7, 11) is 1.69. The molecule has 0 saturated carbocycles. The van der Waals surface area contributed by atoms with Gasteiger partial charge in [0.05, 0.1) is 7.11 Å². The van der Waals surface area contributed by atoms with Gasteiger partial charge >= 0.3 is 0 Å². The van der Waals surface area contributed by atoms with Crippen molar-refractivity contribution in [3.8, 4) is 17.6 Å². The van der Waals surface area contributed by atoms with Gasteiger partial charge < -0.3 is 4.74 Å². The topological polar surface area (TPSA) is 9.23 Å². The van der Waals surface area contributed by atoms with E-state index in [1.165, 1.54) is 5.56 Å². The zero-order chi connectivity index (χ0) is 10.9. The van der Waals surface area contributed by atoms with E-state index in [1.807, 2.05) is 12.1 Å². The molecule has 0 aliphatic carbocycles. The van der Waals surface area contributed by atoms with Crippen LogP contribution in [0.25, 0.3) is 0 Å². The smallest absolute Gasteiger partial charge is 0.118 e. The molecule has 80 valence electrons. The summed E-state index contributed by atoms with van der Waals surface area (Å²) in [6.07, 6.45) is 4.14. The van der Waals surface area contributed by atoms with Crippen molar-refractivity contribution >= 4 is 0 Å². The van der Waals surface area contributed by atoms with E-state index in [0.717, 1.165) is 31.4 Å². The standard InChI is InChI=1S/C14H18O/c1-3-4-5-6-7-8-13-9-11-14(15-2)12-10-13/h9-12H,3-4,7-8H2,1-2H3. The number of benzene rings is 1. The molecular weight excluding hydrogens is 184 g/mol. The van der Waals surface area contributed by atoms with E-state index in [-0.39, 0.29) is 0 Å². The number of aryl methyl sites for hydroxylation is 1. The van der Waals surface area contributed by atoms with Crippen LogP contribution in [0.1, 0.15) is 31.7 Å². The third-order valence-electron chi connectivity index (χ3n) is 2.20. The molecule has 0 amide bonds. The van der Waals surface area contributed by atoms with Crippen LogP contribution in [-0.4, -0.2) is 7.11 Å². The first-order valence-electron chi connectivity index (χ1n) is 5.45. The fourth-order valence-corrected chi connectivity index (χ4v) is 1.30. The predicted octanol–water partition coefficient (Wildman–Crippen LogP) is 3.43. The van der Waals surface area contributed by atoms with Gasteiger partial charge in [-0.05, 0) is 30.5 Å². The van der Waals surface area contributed by atoms with Crippen molar-refractivity contribution in [3.05, 3.63) is 29.8 Å². The molecule has 0 heterocycles. The maximum Gasteiger partial charge on any atom is 0.118 e. The van der Waals surface area contributed by atoms with Gasteiger partial charge in [-0.25, -0.2) is 0 Å². The Morgan fingerprint density at radius 1 is 1.07 bits per heavy atom. The third kappa shape index (κ3) is 4.56. The van der Waals surface area contributed by atoms with Crippen LogP contribution in [0.4, 0.5) is 0 Å². The van der Waals surface area contributed by atoms with Gasteiger partial charge in [-0.1, -0.05) is 19.1 Å². The maximum atomic E-state index is 5.10. The molecule has 0 aromatic heterocycles. The normalized spacial score (nSPS) is 9.20. The molecule has 1 nitrogen and oxygen atoms in total. The number of ether oxygens (including phenoxy) is 1. The molecule has 1 aromatic carbocycles. The van der Waals surface area contributed by atoms with Crippen LogP contribution < -0.4 is 4.74 Å². The molecule has 1 heteroatoms. The Morgan fingerprint density at radius 2 is 1.73 bits per heavy atom. The lowest BCUT2D eigenvalue weighted by atomic mass is 10.1. The largest absolute Gasteiger partial charge is 0.497 e. The van der Waals surface area contributed by atoms with Crippen molar-refractivity contribution in [1.29, 1.82) is 0 Å². The minimum absolute atomic E-state index is 0.913. The molecule has 0 atom stereocenters. The van der Waals surface area contributed by atoms with Gasteiger partial charge in [0.2, 0.25) is 0 Å². The summed E-state index contributed by atoms with van der Waals surface area (Å²) in [5, 5.41) is 0. The average molecular weight is 202 g/mol. The van der Waals surface area contributed by atoms with E-state index >= 15 is 0 Å². The number of hydrogen-bond donors (Lipinski definition) is 0. The lowest BCUT2D eigenvalue weighted by Gasteiger charge is -2.00. The molecule has 0 aliphatic rings. The number of unbranched alkanes of at least 4 members (excludes halogenated alkanes) is 1. The van der Waals surface area contributed by atoms with E-state index < -0.39 is 0 Å². The van der Waals surface area contributed by atoms with Crippen LogP contribution in [0.3, 0.4) is 0 Å². The van der Waals surface area contributed by atoms with Gasteiger partial charge in [0.25, 0.3) is 0 Å². The summed E-state index contributed by atoms with van der Waals surface area (Å²) >= 11 is 0. The van der Waals surface area contributed by atoms with E-state index in [2.05, 4.69) is 30.9 Å². The van der Waals surface area contributed by atoms with Crippen LogP contribution in [-0.2, 0) is 6.42 Å². The number of methoxy groups -OCH3 is 1. The Morgan fingerprint density at radius 3 is 2.33 bits per heavy atom. The second-order valence-corrected chi connectivity index (χ2v) is 3.45. The molecule has 15 heavy (non-hydrogen) atoms. The van der Waals surface area contributed by atoms with Gasteiger partial charge in [-0.2, -0.15) is 0 Å². The molecule has 0 radical (unpaired) electrons. The van der Waals surface area contributed by atoms with Crippen molar-refractivity contribution < 1.29 is 4.74 Å². The van der Waals surface area contributed by atoms with Crippen molar-refractivity contribution in [3.63, 3.8) is 0 Å². The fraction of sp³-hybridized carbons (Fsp3) is 0.429. The van der Waals surface area contributed by atoms with Gasteiger partial charge in [-0.15, -0.1) is 11.8 Å². The molecular formula is C14H18O. The van der Waals surface area contributed by atoms with Crippen LogP contribution in [0, 0.1) is 11.8 Å². The second kappa shape index (κ2) is 6.95. The number of rotatable bonds is 4. The Kier molecular flexibility index (Phi) is 5.40. The highest BCUT2D eigenvalue weighted by molar-refractivity contribution is 5.27. The summed E-state index contributed by atoms with van der Waals surface area (Å²) in [6.45, 7) is 2.15. The minimum Gasteiger partial charge on any atom is -0.497 e. The highest BCUT2D eigenvalue weighted by Crippen LogP contribution is 2.12. The lowest BCUT2D eigenvalue weighted by Crippen LogP contribution is -1.85. The average Bonchev–Trinajstić information content (AvgIpc) is 2.30. The van der Waals surface area contributed by atoms with E-state index in [4.69, 9.17) is 4.74 Å². The first-order valence-corrected chi connectivity index (χ1v) is 5.45. The van der Waals surface area contributed by atoms with Crippen molar-refractivity contribution in [2.45, 2.75) is 32.6 Å². The highest BCUT2D eigenvalue weighted by Gasteiger charge is 1.92. The van der Waals surface area contributed by atoms with Crippen molar-refractivity contribution in [2.75, 3.05) is 7.11 Å². The first kappa shape index (κ1) is 11.7. The van der Waals surface area contributed by atoms with E-state index in [0.29, 0.717) is 0 Å². The Balaban J connectivity index is 2.35. The lowest BCUT2D eigenvalue weighted by molar-refractivity contribution is 0.414. The fourth-order valence-electron chi connectivity index (χ4n) is 1.30.